The molecule has 1 saturated carbocycles. The van der Waals surface area contributed by atoms with Crippen LogP contribution in [0.4, 0.5) is 0 Å². The van der Waals surface area contributed by atoms with Gasteiger partial charge in [-0.2, -0.15) is 0 Å². The Kier molecular flexibility index (Phi) is 5.05. The van der Waals surface area contributed by atoms with Gasteiger partial charge in [0.15, 0.2) is 0 Å². The van der Waals surface area contributed by atoms with Gasteiger partial charge in [-0.25, -0.2) is 4.98 Å². The second-order valence-corrected chi connectivity index (χ2v) is 9.19. The molecule has 0 spiro atoms. The highest BCUT2D eigenvalue weighted by atomic mass is 32.1. The fourth-order valence-electron chi connectivity index (χ4n) is 4.17. The summed E-state index contributed by atoms with van der Waals surface area (Å²) in [5, 5.41) is 21.4. The number of nitrogens with zero attached hydrogens (tertiary/aromatic N) is 2. The Hall–Kier alpha value is -1.76. The zero-order chi connectivity index (χ0) is 19.0. The highest BCUT2D eigenvalue weighted by Crippen LogP contribution is 2.45. The summed E-state index contributed by atoms with van der Waals surface area (Å²) < 4.78 is 0. The van der Waals surface area contributed by atoms with E-state index in [1.54, 1.807) is 11.3 Å². The van der Waals surface area contributed by atoms with E-state index in [9.17, 15) is 15.0 Å². The van der Waals surface area contributed by atoms with Crippen LogP contribution in [0, 0.1) is 18.3 Å². The summed E-state index contributed by atoms with van der Waals surface area (Å²) in [6.07, 6.45) is 4.45. The number of aryl methyl sites for hydroxylation is 1. The Bertz CT molecular complexity index is 832. The molecule has 6 heteroatoms. The van der Waals surface area contributed by atoms with Gasteiger partial charge < -0.3 is 10.2 Å². The van der Waals surface area contributed by atoms with E-state index in [-0.39, 0.29) is 0 Å². The van der Waals surface area contributed by atoms with Crippen molar-refractivity contribution in [3.05, 3.63) is 40.9 Å². The number of aliphatic carboxylic acids is 1. The first-order valence-electron chi connectivity index (χ1n) is 9.62. The van der Waals surface area contributed by atoms with Crippen LogP contribution in [0.1, 0.15) is 36.1 Å². The van der Waals surface area contributed by atoms with E-state index < -0.39 is 17.5 Å². The lowest BCUT2D eigenvalue weighted by molar-refractivity contribution is -0.165. The molecule has 27 heavy (non-hydrogen) atoms. The molecule has 144 valence electrons. The molecule has 1 aromatic carbocycles. The molecule has 2 aromatic rings. The van der Waals surface area contributed by atoms with E-state index >= 15 is 0 Å². The largest absolute Gasteiger partial charge is 0.481 e. The zero-order valence-electron chi connectivity index (χ0n) is 15.6. The lowest BCUT2D eigenvalue weighted by Gasteiger charge is -2.43. The Labute approximate surface area is 163 Å². The molecule has 4 rings (SSSR count). The van der Waals surface area contributed by atoms with Gasteiger partial charge in [0.1, 0.15) is 10.4 Å². The maximum absolute atomic E-state index is 12.1. The molecule has 2 fully saturated rings. The molecular weight excluding hydrogens is 360 g/mol. The number of hydrogen-bond acceptors (Lipinski definition) is 5. The Morgan fingerprint density at radius 2 is 2.11 bits per heavy atom. The maximum Gasteiger partial charge on any atom is 0.313 e. The van der Waals surface area contributed by atoms with Crippen LogP contribution in [0.15, 0.2) is 30.5 Å². The molecule has 0 bridgehead atoms. The minimum absolute atomic E-state index is 0.414. The van der Waals surface area contributed by atoms with Crippen LogP contribution in [0.3, 0.4) is 0 Å². The number of benzene rings is 1. The van der Waals surface area contributed by atoms with Gasteiger partial charge in [0, 0.05) is 36.3 Å². The summed E-state index contributed by atoms with van der Waals surface area (Å²) in [4.78, 5) is 20.0. The number of rotatable bonds is 6. The predicted molar refractivity (Wildman–Crippen MR) is 106 cm³/mol. The molecule has 5 nitrogen and oxygen atoms in total. The SMILES string of the molecule is Cc1ccccc1-c1ncc(CN2CC[C@@H](O)[C@](CC3CC3)(C(=O)O)C2)s1. The summed E-state index contributed by atoms with van der Waals surface area (Å²) in [6.45, 7) is 3.91. The number of carbonyl (C=O) groups is 1. The maximum atomic E-state index is 12.1. The monoisotopic (exact) mass is 386 g/mol. The van der Waals surface area contributed by atoms with Gasteiger partial charge in [0.2, 0.25) is 0 Å². The molecule has 1 aliphatic heterocycles. The van der Waals surface area contributed by atoms with E-state index in [4.69, 9.17) is 0 Å². The molecule has 1 saturated heterocycles. The van der Waals surface area contributed by atoms with Crippen molar-refractivity contribution in [1.82, 2.24) is 9.88 Å². The molecular formula is C21H26N2O3S. The quantitative estimate of drug-likeness (QED) is 0.794. The lowest BCUT2D eigenvalue weighted by Crippen LogP contribution is -2.55. The number of hydrogen-bond donors (Lipinski definition) is 2. The molecule has 0 radical (unpaired) electrons. The number of likely N-dealkylation sites (tertiary alicyclic amines) is 1. The van der Waals surface area contributed by atoms with Crippen molar-refractivity contribution < 1.29 is 15.0 Å². The number of aliphatic hydroxyl groups is 1. The van der Waals surface area contributed by atoms with Crippen molar-refractivity contribution in [2.45, 2.75) is 45.3 Å². The van der Waals surface area contributed by atoms with Crippen LogP contribution in [0.2, 0.25) is 0 Å². The summed E-state index contributed by atoms with van der Waals surface area (Å²) in [6, 6.07) is 8.22. The molecule has 0 unspecified atom stereocenters. The Balaban J connectivity index is 1.50. The van der Waals surface area contributed by atoms with Crippen LogP contribution < -0.4 is 0 Å². The van der Waals surface area contributed by atoms with Crippen LogP contribution >= 0.6 is 11.3 Å². The minimum Gasteiger partial charge on any atom is -0.481 e. The van der Waals surface area contributed by atoms with Gasteiger partial charge in [-0.3, -0.25) is 9.69 Å². The molecule has 2 heterocycles. The molecule has 1 aromatic heterocycles. The number of aromatic nitrogens is 1. The van der Waals surface area contributed by atoms with Crippen LogP contribution in [-0.2, 0) is 11.3 Å². The first-order valence-corrected chi connectivity index (χ1v) is 10.4. The van der Waals surface area contributed by atoms with E-state index in [1.807, 2.05) is 18.3 Å². The number of piperidine rings is 1. The number of thiazole rings is 1. The van der Waals surface area contributed by atoms with Crippen molar-refractivity contribution in [1.29, 1.82) is 0 Å². The molecule has 2 N–H and O–H groups in total. The zero-order valence-corrected chi connectivity index (χ0v) is 16.4. The number of aliphatic hydroxyl groups excluding tert-OH is 1. The smallest absolute Gasteiger partial charge is 0.313 e. The van der Waals surface area contributed by atoms with Crippen LogP contribution in [0.5, 0.6) is 0 Å². The van der Waals surface area contributed by atoms with Crippen LogP contribution in [0.25, 0.3) is 10.6 Å². The van der Waals surface area contributed by atoms with Gasteiger partial charge >= 0.3 is 5.97 Å². The fourth-order valence-corrected chi connectivity index (χ4v) is 5.22. The number of carboxylic acids is 1. The van der Waals surface area contributed by atoms with Crippen molar-refractivity contribution in [3.63, 3.8) is 0 Å². The van der Waals surface area contributed by atoms with Gasteiger partial charge in [-0.05, 0) is 31.2 Å². The van der Waals surface area contributed by atoms with E-state index in [0.29, 0.717) is 31.8 Å². The third kappa shape index (κ3) is 3.79. The van der Waals surface area contributed by atoms with Crippen molar-refractivity contribution >= 4 is 17.3 Å². The highest BCUT2D eigenvalue weighted by Gasteiger charge is 2.51. The standard InChI is InChI=1S/C21H26N2O3S/c1-14-4-2-3-5-17(14)19-22-11-16(27-19)12-23-9-8-18(24)21(13-23,20(25)26)10-15-6-7-15/h2-5,11,15,18,24H,6-10,12-13H2,1H3,(H,25,26)/t18-,21-/m1/s1. The lowest BCUT2D eigenvalue weighted by atomic mass is 9.73. The molecule has 0 amide bonds. The van der Waals surface area contributed by atoms with E-state index in [2.05, 4.69) is 28.9 Å². The van der Waals surface area contributed by atoms with Gasteiger partial charge in [-0.1, -0.05) is 37.1 Å². The average molecular weight is 387 g/mol. The van der Waals surface area contributed by atoms with Crippen molar-refractivity contribution in [2.75, 3.05) is 13.1 Å². The summed E-state index contributed by atoms with van der Waals surface area (Å²) in [7, 11) is 0. The summed E-state index contributed by atoms with van der Waals surface area (Å²) in [5.41, 5.74) is 1.33. The van der Waals surface area contributed by atoms with Gasteiger partial charge in [0.05, 0.1) is 6.10 Å². The van der Waals surface area contributed by atoms with Crippen molar-refractivity contribution in [3.8, 4) is 10.6 Å². The van der Waals surface area contributed by atoms with E-state index in [0.717, 1.165) is 34.8 Å². The van der Waals surface area contributed by atoms with Gasteiger partial charge in [0.25, 0.3) is 0 Å². The Morgan fingerprint density at radius 1 is 1.33 bits per heavy atom. The molecule has 1 aliphatic carbocycles. The van der Waals surface area contributed by atoms with Crippen molar-refractivity contribution in [2.24, 2.45) is 11.3 Å². The first-order chi connectivity index (χ1) is 13.0. The predicted octanol–water partition coefficient (Wildman–Crippen LogP) is 3.56. The minimum atomic E-state index is -1.02. The summed E-state index contributed by atoms with van der Waals surface area (Å²) in [5.74, 6) is -0.386. The molecule has 2 atom stereocenters. The van der Waals surface area contributed by atoms with E-state index in [1.165, 1.54) is 5.56 Å². The average Bonchev–Trinajstić information content (AvgIpc) is 3.34. The topological polar surface area (TPSA) is 73.7 Å². The highest BCUT2D eigenvalue weighted by molar-refractivity contribution is 7.15. The third-order valence-electron chi connectivity index (χ3n) is 5.95. The second kappa shape index (κ2) is 7.34. The van der Waals surface area contributed by atoms with Gasteiger partial charge in [-0.15, -0.1) is 11.3 Å². The normalized spacial score (nSPS) is 26.2. The first kappa shape index (κ1) is 18.6. The second-order valence-electron chi connectivity index (χ2n) is 8.07. The third-order valence-corrected chi connectivity index (χ3v) is 6.96. The molecule has 2 aliphatic rings. The fraction of sp³-hybridized carbons (Fsp3) is 0.524. The number of carboxylic acid groups (broad SMARTS) is 1. The summed E-state index contributed by atoms with van der Waals surface area (Å²) >= 11 is 1.67. The van der Waals surface area contributed by atoms with Crippen LogP contribution in [-0.4, -0.2) is 45.3 Å². The Morgan fingerprint density at radius 3 is 2.81 bits per heavy atom.